The van der Waals surface area contributed by atoms with Crippen LogP contribution in [0.25, 0.3) is 0 Å². The minimum absolute atomic E-state index is 0.0223. The second-order valence-corrected chi connectivity index (χ2v) is 8.49. The molecule has 0 unspecified atom stereocenters. The fourth-order valence-corrected chi connectivity index (χ4v) is 4.49. The molecule has 0 aliphatic carbocycles. The van der Waals surface area contributed by atoms with Crippen molar-refractivity contribution in [3.05, 3.63) is 46.4 Å². The van der Waals surface area contributed by atoms with Crippen molar-refractivity contribution in [2.24, 2.45) is 0 Å². The minimum atomic E-state index is -0.0223. The molecule has 2 fully saturated rings. The van der Waals surface area contributed by atoms with E-state index in [-0.39, 0.29) is 11.8 Å². The maximum Gasteiger partial charge on any atom is 0.257 e. The predicted molar refractivity (Wildman–Crippen MR) is 116 cm³/mol. The van der Waals surface area contributed by atoms with Crippen LogP contribution in [0.4, 0.5) is 0 Å². The number of likely N-dealkylation sites (tertiary alicyclic amines) is 1. The molecule has 3 heterocycles. The highest BCUT2D eigenvalue weighted by Crippen LogP contribution is 2.22. The average Bonchev–Trinajstić information content (AvgIpc) is 3.32. The summed E-state index contributed by atoms with van der Waals surface area (Å²) in [6.45, 7) is 5.24. The van der Waals surface area contributed by atoms with E-state index in [4.69, 9.17) is 4.74 Å². The van der Waals surface area contributed by atoms with Gasteiger partial charge in [0.15, 0.2) is 0 Å². The van der Waals surface area contributed by atoms with Gasteiger partial charge in [-0.2, -0.15) is 0 Å². The third-order valence-electron chi connectivity index (χ3n) is 5.70. The first-order valence-corrected chi connectivity index (χ1v) is 11.5. The predicted octanol–water partition coefficient (Wildman–Crippen LogP) is 2.49. The van der Waals surface area contributed by atoms with Crippen LogP contribution in [-0.2, 0) is 11.4 Å². The molecule has 4 rings (SSSR count). The molecular weight excluding hydrogens is 400 g/mol. The molecule has 0 spiro atoms. The molecule has 160 valence electrons. The first-order valence-electron chi connectivity index (χ1n) is 10.6. The van der Waals surface area contributed by atoms with E-state index in [1.54, 1.807) is 5.51 Å². The van der Waals surface area contributed by atoms with E-state index in [1.165, 1.54) is 17.8 Å². The van der Waals surface area contributed by atoms with Crippen molar-refractivity contribution in [3.8, 4) is 5.75 Å². The smallest absolute Gasteiger partial charge is 0.257 e. The summed E-state index contributed by atoms with van der Waals surface area (Å²) >= 11 is 1.52. The van der Waals surface area contributed by atoms with Crippen LogP contribution >= 0.6 is 11.3 Å². The number of nitrogens with zero attached hydrogens (tertiary/aromatic N) is 4. The van der Waals surface area contributed by atoms with Crippen molar-refractivity contribution >= 4 is 23.2 Å². The minimum Gasteiger partial charge on any atom is -0.486 e. The third-order valence-corrected chi connectivity index (χ3v) is 6.34. The summed E-state index contributed by atoms with van der Waals surface area (Å²) < 4.78 is 5.87. The maximum absolute atomic E-state index is 13.1. The van der Waals surface area contributed by atoms with E-state index in [9.17, 15) is 9.59 Å². The highest BCUT2D eigenvalue weighted by molar-refractivity contribution is 7.07. The lowest BCUT2D eigenvalue weighted by atomic mass is 10.1. The molecule has 0 saturated carbocycles. The molecule has 2 amide bonds. The van der Waals surface area contributed by atoms with Crippen LogP contribution in [0.15, 0.2) is 35.2 Å². The van der Waals surface area contributed by atoms with Crippen LogP contribution < -0.4 is 4.74 Å². The Morgan fingerprint density at radius 3 is 2.47 bits per heavy atom. The van der Waals surface area contributed by atoms with Crippen LogP contribution in [0.3, 0.4) is 0 Å². The number of ether oxygens (including phenoxy) is 1. The Morgan fingerprint density at radius 1 is 0.967 bits per heavy atom. The Kier molecular flexibility index (Phi) is 6.96. The van der Waals surface area contributed by atoms with Gasteiger partial charge in [-0.1, -0.05) is 12.1 Å². The quantitative estimate of drug-likeness (QED) is 0.707. The summed E-state index contributed by atoms with van der Waals surface area (Å²) in [5, 5.41) is 1.94. The van der Waals surface area contributed by atoms with E-state index in [1.807, 2.05) is 39.4 Å². The Morgan fingerprint density at radius 2 is 1.73 bits per heavy atom. The van der Waals surface area contributed by atoms with E-state index >= 15 is 0 Å². The van der Waals surface area contributed by atoms with Gasteiger partial charge in [0, 0.05) is 44.6 Å². The van der Waals surface area contributed by atoms with Gasteiger partial charge in [-0.05, 0) is 31.4 Å². The lowest BCUT2D eigenvalue weighted by Crippen LogP contribution is -2.52. The van der Waals surface area contributed by atoms with Crippen LogP contribution in [0.5, 0.6) is 5.75 Å². The van der Waals surface area contributed by atoms with Crippen molar-refractivity contribution in [2.75, 3.05) is 45.8 Å². The standard InChI is InChI=1S/C22H28N4O3S/c27-21(25-8-4-1-5-9-25)14-24-10-12-26(13-11-24)22(28)19-6-2-3-7-20(19)29-15-18-16-30-17-23-18/h2-3,6-7,16-17H,1,4-5,8-15H2. The number of amides is 2. The van der Waals surface area contributed by atoms with Crippen LogP contribution in [-0.4, -0.2) is 77.3 Å². The number of para-hydroxylation sites is 1. The van der Waals surface area contributed by atoms with Gasteiger partial charge >= 0.3 is 0 Å². The highest BCUT2D eigenvalue weighted by atomic mass is 32.1. The molecule has 1 aromatic carbocycles. The number of hydrogen-bond donors (Lipinski definition) is 0. The van der Waals surface area contributed by atoms with Crippen molar-refractivity contribution in [3.63, 3.8) is 0 Å². The normalized spacial score (nSPS) is 17.7. The maximum atomic E-state index is 13.1. The van der Waals surface area contributed by atoms with Crippen LogP contribution in [0.1, 0.15) is 35.3 Å². The highest BCUT2D eigenvalue weighted by Gasteiger charge is 2.26. The molecule has 1 aromatic heterocycles. The molecular formula is C22H28N4O3S. The van der Waals surface area contributed by atoms with Crippen LogP contribution in [0.2, 0.25) is 0 Å². The Bertz CT molecular complexity index is 844. The number of carbonyl (C=O) groups is 2. The second kappa shape index (κ2) is 10.0. The van der Waals surface area contributed by atoms with Gasteiger partial charge in [0.1, 0.15) is 12.4 Å². The molecule has 8 heteroatoms. The summed E-state index contributed by atoms with van der Waals surface area (Å²) in [5.74, 6) is 0.777. The lowest BCUT2D eigenvalue weighted by Gasteiger charge is -2.36. The van der Waals surface area contributed by atoms with Crippen molar-refractivity contribution in [2.45, 2.75) is 25.9 Å². The van der Waals surface area contributed by atoms with Gasteiger partial charge in [0.05, 0.1) is 23.3 Å². The van der Waals surface area contributed by atoms with Gasteiger partial charge in [-0.25, -0.2) is 4.98 Å². The summed E-state index contributed by atoms with van der Waals surface area (Å²) in [6.07, 6.45) is 3.44. The number of carbonyl (C=O) groups excluding carboxylic acids is 2. The first-order chi connectivity index (χ1) is 14.7. The summed E-state index contributed by atoms with van der Waals surface area (Å²) in [6, 6.07) is 7.37. The summed E-state index contributed by atoms with van der Waals surface area (Å²) in [5.41, 5.74) is 3.20. The summed E-state index contributed by atoms with van der Waals surface area (Å²) in [7, 11) is 0. The molecule has 7 nitrogen and oxygen atoms in total. The fraction of sp³-hybridized carbons (Fsp3) is 0.500. The SMILES string of the molecule is O=C(CN1CCN(C(=O)c2ccccc2OCc2cscn2)CC1)N1CCCCC1. The number of benzene rings is 1. The van der Waals surface area contributed by atoms with Gasteiger partial charge < -0.3 is 14.5 Å². The van der Waals surface area contributed by atoms with Crippen molar-refractivity contribution < 1.29 is 14.3 Å². The fourth-order valence-electron chi connectivity index (χ4n) is 3.94. The lowest BCUT2D eigenvalue weighted by molar-refractivity contribution is -0.133. The number of aromatic nitrogens is 1. The van der Waals surface area contributed by atoms with Gasteiger partial charge in [-0.15, -0.1) is 11.3 Å². The molecule has 2 aliphatic heterocycles. The van der Waals surface area contributed by atoms with E-state index in [0.29, 0.717) is 50.6 Å². The molecule has 0 radical (unpaired) electrons. The molecule has 0 N–H and O–H groups in total. The van der Waals surface area contributed by atoms with Crippen molar-refractivity contribution in [1.82, 2.24) is 19.7 Å². The number of piperazine rings is 1. The van der Waals surface area contributed by atoms with Crippen LogP contribution in [0, 0.1) is 0 Å². The van der Waals surface area contributed by atoms with Crippen molar-refractivity contribution in [1.29, 1.82) is 0 Å². The second-order valence-electron chi connectivity index (χ2n) is 7.77. The average molecular weight is 429 g/mol. The zero-order valence-electron chi connectivity index (χ0n) is 17.2. The molecule has 2 aliphatic rings. The zero-order valence-corrected chi connectivity index (χ0v) is 18.0. The monoisotopic (exact) mass is 428 g/mol. The first kappa shape index (κ1) is 20.8. The largest absolute Gasteiger partial charge is 0.486 e. The molecule has 30 heavy (non-hydrogen) atoms. The number of rotatable bonds is 6. The number of thiazole rings is 1. The van der Waals surface area contributed by atoms with E-state index < -0.39 is 0 Å². The molecule has 0 bridgehead atoms. The topological polar surface area (TPSA) is 66.0 Å². The van der Waals surface area contributed by atoms with Gasteiger partial charge in [0.2, 0.25) is 5.91 Å². The van der Waals surface area contributed by atoms with E-state index in [2.05, 4.69) is 9.88 Å². The molecule has 0 atom stereocenters. The summed E-state index contributed by atoms with van der Waals surface area (Å²) in [4.78, 5) is 35.8. The molecule has 2 aromatic rings. The number of piperidine rings is 1. The number of hydrogen-bond acceptors (Lipinski definition) is 6. The Labute approximate surface area is 181 Å². The third kappa shape index (κ3) is 5.17. The zero-order chi connectivity index (χ0) is 20.8. The molecule has 2 saturated heterocycles. The van der Waals surface area contributed by atoms with Gasteiger partial charge in [-0.3, -0.25) is 14.5 Å². The van der Waals surface area contributed by atoms with Gasteiger partial charge in [0.25, 0.3) is 5.91 Å². The Balaban J connectivity index is 1.30. The Hall–Kier alpha value is -2.45. The van der Waals surface area contributed by atoms with E-state index in [0.717, 1.165) is 31.6 Å².